The molecule has 1 aromatic rings. The molecule has 0 bridgehead atoms. The predicted octanol–water partition coefficient (Wildman–Crippen LogP) is 2.82. The first-order valence-corrected chi connectivity index (χ1v) is 7.86. The lowest BCUT2D eigenvalue weighted by Crippen LogP contribution is -2.45. The largest absolute Gasteiger partial charge is 0.478 e. The molecule has 0 saturated heterocycles. The standard InChI is InChI=1S/C16H27N3O/c1-3-19(14-9-6-5-8-13(14)12-17)15-10-7-11-16(18-15)20-4-2/h7,10-11,13-14H,3-6,8-9,12,17H2,1-2H3. The van der Waals surface area contributed by atoms with E-state index in [2.05, 4.69) is 22.9 Å². The average molecular weight is 277 g/mol. The van der Waals surface area contributed by atoms with E-state index in [1.165, 1.54) is 25.7 Å². The average Bonchev–Trinajstić information content (AvgIpc) is 2.49. The van der Waals surface area contributed by atoms with Gasteiger partial charge in [-0.15, -0.1) is 0 Å². The molecule has 1 aliphatic rings. The van der Waals surface area contributed by atoms with Crippen LogP contribution in [0.4, 0.5) is 5.82 Å². The van der Waals surface area contributed by atoms with Crippen LogP contribution in [0.25, 0.3) is 0 Å². The Morgan fingerprint density at radius 1 is 1.30 bits per heavy atom. The molecule has 0 aromatic carbocycles. The molecule has 2 unspecified atom stereocenters. The maximum absolute atomic E-state index is 5.97. The van der Waals surface area contributed by atoms with Crippen molar-refractivity contribution in [2.24, 2.45) is 11.7 Å². The highest BCUT2D eigenvalue weighted by Crippen LogP contribution is 2.31. The van der Waals surface area contributed by atoms with Gasteiger partial charge in [0.25, 0.3) is 0 Å². The number of anilines is 1. The molecular weight excluding hydrogens is 250 g/mol. The number of ether oxygens (including phenoxy) is 1. The van der Waals surface area contributed by atoms with Gasteiger partial charge in [-0.2, -0.15) is 4.98 Å². The van der Waals surface area contributed by atoms with Crippen LogP contribution in [0.3, 0.4) is 0 Å². The minimum Gasteiger partial charge on any atom is -0.478 e. The molecule has 0 amide bonds. The molecule has 0 spiro atoms. The number of hydrogen-bond acceptors (Lipinski definition) is 4. The summed E-state index contributed by atoms with van der Waals surface area (Å²) in [5.74, 6) is 2.31. The number of hydrogen-bond donors (Lipinski definition) is 1. The van der Waals surface area contributed by atoms with E-state index in [0.29, 0.717) is 24.4 Å². The van der Waals surface area contributed by atoms with E-state index in [1.807, 2.05) is 19.1 Å². The molecule has 2 rings (SSSR count). The van der Waals surface area contributed by atoms with E-state index in [1.54, 1.807) is 0 Å². The zero-order chi connectivity index (χ0) is 14.4. The molecule has 20 heavy (non-hydrogen) atoms. The van der Waals surface area contributed by atoms with Gasteiger partial charge in [-0.3, -0.25) is 0 Å². The van der Waals surface area contributed by atoms with Crippen molar-refractivity contribution in [1.82, 2.24) is 4.98 Å². The number of aromatic nitrogens is 1. The Morgan fingerprint density at radius 3 is 2.80 bits per heavy atom. The Balaban J connectivity index is 2.19. The van der Waals surface area contributed by atoms with E-state index in [4.69, 9.17) is 10.5 Å². The minimum atomic E-state index is 0.517. The maximum Gasteiger partial charge on any atom is 0.215 e. The molecule has 4 heteroatoms. The van der Waals surface area contributed by atoms with Gasteiger partial charge in [0.05, 0.1) is 6.61 Å². The quantitative estimate of drug-likeness (QED) is 0.868. The second-order valence-corrected chi connectivity index (χ2v) is 5.40. The summed E-state index contributed by atoms with van der Waals surface area (Å²) in [5, 5.41) is 0. The van der Waals surface area contributed by atoms with Crippen molar-refractivity contribution in [3.63, 3.8) is 0 Å². The number of pyridine rings is 1. The molecular formula is C16H27N3O. The fourth-order valence-corrected chi connectivity index (χ4v) is 3.23. The van der Waals surface area contributed by atoms with Gasteiger partial charge in [0.1, 0.15) is 5.82 Å². The lowest BCUT2D eigenvalue weighted by Gasteiger charge is -2.40. The summed E-state index contributed by atoms with van der Waals surface area (Å²) >= 11 is 0. The van der Waals surface area contributed by atoms with E-state index < -0.39 is 0 Å². The Kier molecular flexibility index (Phi) is 5.65. The van der Waals surface area contributed by atoms with Crippen molar-refractivity contribution < 1.29 is 4.74 Å². The molecule has 1 aliphatic carbocycles. The zero-order valence-electron chi connectivity index (χ0n) is 12.7. The SMILES string of the molecule is CCOc1cccc(N(CC)C2CCCCC2CN)n1. The summed E-state index contributed by atoms with van der Waals surface area (Å²) in [4.78, 5) is 7.04. The Hall–Kier alpha value is -1.29. The van der Waals surface area contributed by atoms with Gasteiger partial charge >= 0.3 is 0 Å². The van der Waals surface area contributed by atoms with Crippen molar-refractivity contribution in [2.75, 3.05) is 24.6 Å². The fraction of sp³-hybridized carbons (Fsp3) is 0.688. The number of nitrogens with zero attached hydrogens (tertiary/aromatic N) is 2. The molecule has 0 aliphatic heterocycles. The second-order valence-electron chi connectivity index (χ2n) is 5.40. The molecule has 1 aromatic heterocycles. The van der Waals surface area contributed by atoms with Crippen LogP contribution < -0.4 is 15.4 Å². The van der Waals surface area contributed by atoms with Crippen molar-refractivity contribution in [1.29, 1.82) is 0 Å². The highest BCUT2D eigenvalue weighted by Gasteiger charge is 2.29. The number of rotatable bonds is 6. The lowest BCUT2D eigenvalue weighted by atomic mass is 9.83. The van der Waals surface area contributed by atoms with Crippen LogP contribution in [0, 0.1) is 5.92 Å². The van der Waals surface area contributed by atoms with Gasteiger partial charge in [-0.05, 0) is 45.2 Å². The van der Waals surface area contributed by atoms with Crippen molar-refractivity contribution in [3.05, 3.63) is 18.2 Å². The van der Waals surface area contributed by atoms with Crippen LogP contribution in [0.5, 0.6) is 5.88 Å². The third-order valence-corrected chi connectivity index (χ3v) is 4.21. The van der Waals surface area contributed by atoms with Crippen molar-refractivity contribution in [3.8, 4) is 5.88 Å². The lowest BCUT2D eigenvalue weighted by molar-refractivity contribution is 0.297. The highest BCUT2D eigenvalue weighted by atomic mass is 16.5. The van der Waals surface area contributed by atoms with Crippen LogP contribution >= 0.6 is 0 Å². The van der Waals surface area contributed by atoms with Gasteiger partial charge in [-0.1, -0.05) is 18.9 Å². The van der Waals surface area contributed by atoms with Crippen molar-refractivity contribution in [2.45, 2.75) is 45.6 Å². The highest BCUT2D eigenvalue weighted by molar-refractivity contribution is 5.42. The molecule has 4 nitrogen and oxygen atoms in total. The van der Waals surface area contributed by atoms with Crippen LogP contribution in [0.1, 0.15) is 39.5 Å². The fourth-order valence-electron chi connectivity index (χ4n) is 3.23. The monoisotopic (exact) mass is 277 g/mol. The third-order valence-electron chi connectivity index (χ3n) is 4.21. The Bertz CT molecular complexity index is 410. The molecule has 1 fully saturated rings. The molecule has 0 radical (unpaired) electrons. The van der Waals surface area contributed by atoms with Crippen LogP contribution in [-0.4, -0.2) is 30.7 Å². The normalized spacial score (nSPS) is 22.6. The van der Waals surface area contributed by atoms with E-state index in [9.17, 15) is 0 Å². The topological polar surface area (TPSA) is 51.4 Å². The smallest absolute Gasteiger partial charge is 0.215 e. The Morgan fingerprint density at radius 2 is 2.10 bits per heavy atom. The van der Waals surface area contributed by atoms with Gasteiger partial charge in [0.15, 0.2) is 0 Å². The summed E-state index contributed by atoms with van der Waals surface area (Å²) in [7, 11) is 0. The third kappa shape index (κ3) is 3.42. The van der Waals surface area contributed by atoms with Gasteiger partial charge in [0, 0.05) is 18.7 Å². The molecule has 1 saturated carbocycles. The van der Waals surface area contributed by atoms with Gasteiger partial charge in [-0.25, -0.2) is 0 Å². The summed E-state index contributed by atoms with van der Waals surface area (Å²) in [6.07, 6.45) is 5.06. The van der Waals surface area contributed by atoms with Gasteiger partial charge < -0.3 is 15.4 Å². The maximum atomic E-state index is 5.97. The van der Waals surface area contributed by atoms with Crippen molar-refractivity contribution >= 4 is 5.82 Å². The first-order valence-electron chi connectivity index (χ1n) is 7.86. The molecule has 1 heterocycles. The molecule has 112 valence electrons. The number of nitrogens with two attached hydrogens (primary N) is 1. The molecule has 2 N–H and O–H groups in total. The predicted molar refractivity (Wildman–Crippen MR) is 83.2 cm³/mol. The Labute approximate surface area is 122 Å². The van der Waals surface area contributed by atoms with E-state index in [0.717, 1.165) is 18.9 Å². The zero-order valence-corrected chi connectivity index (χ0v) is 12.7. The van der Waals surface area contributed by atoms with Gasteiger partial charge in [0.2, 0.25) is 5.88 Å². The summed E-state index contributed by atoms with van der Waals surface area (Å²) in [5.41, 5.74) is 5.97. The first kappa shape index (κ1) is 15.1. The van der Waals surface area contributed by atoms with E-state index in [-0.39, 0.29) is 0 Å². The van der Waals surface area contributed by atoms with Crippen LogP contribution in [0.15, 0.2) is 18.2 Å². The molecule has 2 atom stereocenters. The summed E-state index contributed by atoms with van der Waals surface area (Å²) in [6, 6.07) is 6.54. The van der Waals surface area contributed by atoms with E-state index >= 15 is 0 Å². The van der Waals surface area contributed by atoms with Crippen LogP contribution in [0.2, 0.25) is 0 Å². The first-order chi connectivity index (χ1) is 9.80. The second kappa shape index (κ2) is 7.48. The summed E-state index contributed by atoms with van der Waals surface area (Å²) in [6.45, 7) is 6.56. The summed E-state index contributed by atoms with van der Waals surface area (Å²) < 4.78 is 5.52. The van der Waals surface area contributed by atoms with Crippen LogP contribution in [-0.2, 0) is 0 Å². The minimum absolute atomic E-state index is 0.517.